The summed E-state index contributed by atoms with van der Waals surface area (Å²) < 4.78 is 26.1. The molecule has 0 saturated carbocycles. The molecule has 0 bridgehead atoms. The van der Waals surface area contributed by atoms with Crippen molar-refractivity contribution in [3.05, 3.63) is 35.4 Å². The van der Waals surface area contributed by atoms with Gasteiger partial charge in [-0.25, -0.2) is 8.78 Å². The third-order valence-electron chi connectivity index (χ3n) is 2.43. The average molecular weight is 255 g/mol. The molecule has 0 aromatic heterocycles. The summed E-state index contributed by atoms with van der Waals surface area (Å²) in [5, 5.41) is 2.38. The summed E-state index contributed by atoms with van der Waals surface area (Å²) in [4.78, 5) is 22.8. The fourth-order valence-corrected chi connectivity index (χ4v) is 1.41. The smallest absolute Gasteiger partial charge is 0.220 e. The van der Waals surface area contributed by atoms with Crippen molar-refractivity contribution in [1.82, 2.24) is 5.32 Å². The number of nitrogens with one attached hydrogen (secondary N) is 1. The SMILES string of the molecule is CCCCC(=O)NCC(=O)c1cc(F)ccc1F. The maximum Gasteiger partial charge on any atom is 0.220 e. The van der Waals surface area contributed by atoms with E-state index in [0.29, 0.717) is 6.42 Å². The lowest BCUT2D eigenvalue weighted by Crippen LogP contribution is -2.29. The molecule has 5 heteroatoms. The number of unbranched alkanes of at least 4 members (excludes halogenated alkanes) is 1. The summed E-state index contributed by atoms with van der Waals surface area (Å²) in [7, 11) is 0. The van der Waals surface area contributed by atoms with Gasteiger partial charge in [-0.15, -0.1) is 0 Å². The Morgan fingerprint density at radius 3 is 2.67 bits per heavy atom. The molecule has 1 N–H and O–H groups in total. The first-order valence-corrected chi connectivity index (χ1v) is 5.79. The molecule has 0 unspecified atom stereocenters. The zero-order valence-corrected chi connectivity index (χ0v) is 10.1. The number of rotatable bonds is 6. The topological polar surface area (TPSA) is 46.2 Å². The Labute approximate surface area is 104 Å². The van der Waals surface area contributed by atoms with E-state index in [0.717, 1.165) is 31.0 Å². The van der Waals surface area contributed by atoms with Crippen LogP contribution >= 0.6 is 0 Å². The van der Waals surface area contributed by atoms with Gasteiger partial charge in [0.15, 0.2) is 5.78 Å². The maximum atomic E-state index is 13.2. The van der Waals surface area contributed by atoms with Gasteiger partial charge in [-0.3, -0.25) is 9.59 Å². The van der Waals surface area contributed by atoms with Gasteiger partial charge in [-0.2, -0.15) is 0 Å². The van der Waals surface area contributed by atoms with Crippen molar-refractivity contribution in [2.45, 2.75) is 26.2 Å². The van der Waals surface area contributed by atoms with E-state index in [1.165, 1.54) is 0 Å². The van der Waals surface area contributed by atoms with E-state index in [1.54, 1.807) is 0 Å². The molecule has 0 aliphatic carbocycles. The molecule has 0 heterocycles. The van der Waals surface area contributed by atoms with E-state index >= 15 is 0 Å². The van der Waals surface area contributed by atoms with Crippen LogP contribution in [0.25, 0.3) is 0 Å². The van der Waals surface area contributed by atoms with Crippen LogP contribution in [0.2, 0.25) is 0 Å². The number of benzene rings is 1. The minimum Gasteiger partial charge on any atom is -0.349 e. The number of hydrogen-bond acceptors (Lipinski definition) is 2. The van der Waals surface area contributed by atoms with Gasteiger partial charge in [-0.05, 0) is 24.6 Å². The van der Waals surface area contributed by atoms with Crippen LogP contribution in [0.5, 0.6) is 0 Å². The molecule has 0 aliphatic rings. The molecule has 0 saturated heterocycles. The van der Waals surface area contributed by atoms with Crippen molar-refractivity contribution in [2.24, 2.45) is 0 Å². The third kappa shape index (κ3) is 4.24. The van der Waals surface area contributed by atoms with Crippen LogP contribution in [-0.4, -0.2) is 18.2 Å². The van der Waals surface area contributed by atoms with Gasteiger partial charge in [0, 0.05) is 6.42 Å². The molecule has 0 atom stereocenters. The highest BCUT2D eigenvalue weighted by Crippen LogP contribution is 2.10. The lowest BCUT2D eigenvalue weighted by Gasteiger charge is -2.05. The Bertz CT molecular complexity index is 447. The zero-order chi connectivity index (χ0) is 13.5. The van der Waals surface area contributed by atoms with Gasteiger partial charge in [0.1, 0.15) is 11.6 Å². The fraction of sp³-hybridized carbons (Fsp3) is 0.385. The lowest BCUT2D eigenvalue weighted by atomic mass is 10.1. The van der Waals surface area contributed by atoms with Gasteiger partial charge in [0.2, 0.25) is 5.91 Å². The van der Waals surface area contributed by atoms with Gasteiger partial charge < -0.3 is 5.32 Å². The highest BCUT2D eigenvalue weighted by Gasteiger charge is 2.13. The second kappa shape index (κ2) is 6.83. The average Bonchev–Trinajstić information content (AvgIpc) is 2.36. The van der Waals surface area contributed by atoms with Gasteiger partial charge >= 0.3 is 0 Å². The van der Waals surface area contributed by atoms with Crippen LogP contribution < -0.4 is 5.32 Å². The third-order valence-corrected chi connectivity index (χ3v) is 2.43. The highest BCUT2D eigenvalue weighted by atomic mass is 19.1. The Morgan fingerprint density at radius 2 is 2.00 bits per heavy atom. The molecule has 3 nitrogen and oxygen atoms in total. The summed E-state index contributed by atoms with van der Waals surface area (Å²) in [6.07, 6.45) is 1.93. The Balaban J connectivity index is 2.55. The quantitative estimate of drug-likeness (QED) is 0.794. The molecule has 1 amide bonds. The van der Waals surface area contributed by atoms with Crippen molar-refractivity contribution in [3.63, 3.8) is 0 Å². The molecule has 0 radical (unpaired) electrons. The van der Waals surface area contributed by atoms with Crippen LogP contribution in [-0.2, 0) is 4.79 Å². The number of carbonyl (C=O) groups excluding carboxylic acids is 2. The van der Waals surface area contributed by atoms with Gasteiger partial charge in [0.25, 0.3) is 0 Å². The second-order valence-corrected chi connectivity index (χ2v) is 3.93. The van der Waals surface area contributed by atoms with Gasteiger partial charge in [0.05, 0.1) is 12.1 Å². The van der Waals surface area contributed by atoms with Crippen molar-refractivity contribution in [2.75, 3.05) is 6.54 Å². The van der Waals surface area contributed by atoms with E-state index in [2.05, 4.69) is 5.32 Å². The molecule has 0 spiro atoms. The second-order valence-electron chi connectivity index (χ2n) is 3.93. The number of halogens is 2. The van der Waals surface area contributed by atoms with Gasteiger partial charge in [-0.1, -0.05) is 13.3 Å². The van der Waals surface area contributed by atoms with E-state index in [-0.39, 0.29) is 18.0 Å². The fourth-order valence-electron chi connectivity index (χ4n) is 1.41. The maximum absolute atomic E-state index is 13.2. The van der Waals surface area contributed by atoms with Crippen molar-refractivity contribution in [3.8, 4) is 0 Å². The molecule has 0 fully saturated rings. The predicted octanol–water partition coefficient (Wildman–Crippen LogP) is 2.45. The zero-order valence-electron chi connectivity index (χ0n) is 10.1. The first-order valence-electron chi connectivity index (χ1n) is 5.79. The Hall–Kier alpha value is -1.78. The molecule has 18 heavy (non-hydrogen) atoms. The van der Waals surface area contributed by atoms with Crippen molar-refractivity contribution in [1.29, 1.82) is 0 Å². The van der Waals surface area contributed by atoms with Crippen LogP contribution in [0, 0.1) is 11.6 Å². The normalized spacial score (nSPS) is 10.2. The summed E-state index contributed by atoms with van der Waals surface area (Å²) in [6.45, 7) is 1.63. The van der Waals surface area contributed by atoms with Crippen LogP contribution in [0.4, 0.5) is 8.78 Å². The first kappa shape index (κ1) is 14.3. The number of amides is 1. The molecule has 1 aromatic rings. The number of carbonyl (C=O) groups is 2. The Morgan fingerprint density at radius 1 is 1.28 bits per heavy atom. The van der Waals surface area contributed by atoms with E-state index in [4.69, 9.17) is 0 Å². The standard InChI is InChI=1S/C13H15F2NO2/c1-2-3-4-13(18)16-8-12(17)10-7-9(14)5-6-11(10)15/h5-7H,2-4,8H2,1H3,(H,16,18). The highest BCUT2D eigenvalue weighted by molar-refractivity contribution is 5.99. The van der Waals surface area contributed by atoms with E-state index in [9.17, 15) is 18.4 Å². The first-order chi connectivity index (χ1) is 8.54. The lowest BCUT2D eigenvalue weighted by molar-refractivity contribution is -0.121. The summed E-state index contributed by atoms with van der Waals surface area (Å²) >= 11 is 0. The number of ketones is 1. The molecule has 1 aromatic carbocycles. The van der Waals surface area contributed by atoms with Crippen molar-refractivity contribution < 1.29 is 18.4 Å². The summed E-state index contributed by atoms with van der Waals surface area (Å²) in [5.41, 5.74) is -0.342. The largest absolute Gasteiger partial charge is 0.349 e. The van der Waals surface area contributed by atoms with Crippen LogP contribution in [0.15, 0.2) is 18.2 Å². The monoisotopic (exact) mass is 255 g/mol. The molecular formula is C13H15F2NO2. The number of hydrogen-bond donors (Lipinski definition) is 1. The summed E-state index contributed by atoms with van der Waals surface area (Å²) in [5.74, 6) is -2.37. The predicted molar refractivity (Wildman–Crippen MR) is 63.2 cm³/mol. The molecule has 98 valence electrons. The van der Waals surface area contributed by atoms with E-state index < -0.39 is 17.4 Å². The van der Waals surface area contributed by atoms with Crippen LogP contribution in [0.3, 0.4) is 0 Å². The van der Waals surface area contributed by atoms with Crippen molar-refractivity contribution >= 4 is 11.7 Å². The molecule has 1 rings (SSSR count). The molecule has 0 aliphatic heterocycles. The Kier molecular flexibility index (Phi) is 5.42. The minimum absolute atomic E-state index is 0.262. The van der Waals surface area contributed by atoms with E-state index in [1.807, 2.05) is 6.92 Å². The number of Topliss-reactive ketones (excluding diaryl/α,β-unsaturated/α-hetero) is 1. The minimum atomic E-state index is -0.788. The molecular weight excluding hydrogens is 240 g/mol. The van der Waals surface area contributed by atoms with Crippen LogP contribution in [0.1, 0.15) is 36.5 Å². The summed E-state index contributed by atoms with van der Waals surface area (Å²) in [6, 6.07) is 2.66.